The van der Waals surface area contributed by atoms with Crippen LogP contribution < -0.4 is 0 Å². The number of aliphatic hydroxyl groups excluding tert-OH is 3. The Labute approximate surface area is 355 Å². The van der Waals surface area contributed by atoms with Crippen molar-refractivity contribution in [2.75, 3.05) is 19.0 Å². The summed E-state index contributed by atoms with van der Waals surface area (Å²) in [5.41, 5.74) is 0. The minimum Gasteiger partial charge on any atom is -0.462 e. The molecule has 0 aromatic carbocycles. The molecule has 0 aliphatic carbocycles. The van der Waals surface area contributed by atoms with E-state index in [1.54, 1.807) is 0 Å². The average molecular weight is 855 g/mol. The number of allylic oxidation sites excluding steroid dienone is 10. The number of carbonyl (C=O) groups is 2. The number of carbonyl (C=O) groups excluding carboxylic acids is 2. The number of esters is 2. The van der Waals surface area contributed by atoms with Gasteiger partial charge in [0.2, 0.25) is 0 Å². The molecule has 0 aromatic heterocycles. The molecule has 1 aliphatic heterocycles. The van der Waals surface area contributed by atoms with Gasteiger partial charge in [0.1, 0.15) is 36.8 Å². The summed E-state index contributed by atoms with van der Waals surface area (Å²) in [7, 11) is -4.61. The minimum absolute atomic E-state index is 0.140. The van der Waals surface area contributed by atoms with Gasteiger partial charge in [-0.25, -0.2) is 0 Å². The van der Waals surface area contributed by atoms with Crippen molar-refractivity contribution in [1.29, 1.82) is 0 Å². The molecule has 0 spiro atoms. The summed E-state index contributed by atoms with van der Waals surface area (Å²) < 4.78 is 54.0. The number of hydrogen-bond donors (Lipinski definition) is 4. The van der Waals surface area contributed by atoms with E-state index in [2.05, 4.69) is 74.6 Å². The maximum Gasteiger partial charge on any atom is 0.306 e. The fourth-order valence-electron chi connectivity index (χ4n) is 6.29. The Morgan fingerprint density at radius 2 is 1.03 bits per heavy atom. The van der Waals surface area contributed by atoms with Gasteiger partial charge in [-0.1, -0.05) is 132 Å². The SMILES string of the molecule is CCCC/C=C/C/C=C/CCCCCCCC(=O)O[C@H](COC(=O)CCCCCC/C=C/C/C=C/C/C=C/CCCCC)CO[C@H]1O[C@H](CS(=O)(=O)O)[C@@H](O)C(O)C1O. The normalized spacial score (nSPS) is 20.8. The highest BCUT2D eigenvalue weighted by atomic mass is 32.2. The standard InChI is InChI=1S/C46H78O12S/c1-3-5-7-9-11-13-15-17-19-20-21-23-24-26-28-30-32-34-41(47)55-36-39(37-56-46-45(51)44(50)43(49)40(58-46)38-59(52,53)54)57-42(48)35-33-31-29-27-25-22-18-16-14-12-10-8-6-4-2/h10-13,16-19,21,23,39-40,43-46,49-51H,3-9,14-15,20,22,24-38H2,1-2H3,(H,52,53,54)/b12-10+,13-11+,18-16+,19-17+,23-21+/t39-,40-,43-,44?,45?,46+/m1/s1. The maximum atomic E-state index is 12.8. The first-order chi connectivity index (χ1) is 28.5. The van der Waals surface area contributed by atoms with Crippen LogP contribution in [-0.4, -0.2) is 96.0 Å². The second-order valence-electron chi connectivity index (χ2n) is 15.4. The molecule has 59 heavy (non-hydrogen) atoms. The van der Waals surface area contributed by atoms with Crippen molar-refractivity contribution >= 4 is 22.1 Å². The summed E-state index contributed by atoms with van der Waals surface area (Å²) in [4.78, 5) is 25.4. The highest BCUT2D eigenvalue weighted by Crippen LogP contribution is 2.24. The zero-order valence-electron chi connectivity index (χ0n) is 36.1. The Hall–Kier alpha value is -2.65. The molecule has 0 aromatic rings. The molecule has 0 saturated carbocycles. The Balaban J connectivity index is 2.49. The Kier molecular flexibility index (Phi) is 33.2. The van der Waals surface area contributed by atoms with Crippen LogP contribution in [0.4, 0.5) is 0 Å². The fraction of sp³-hybridized carbons (Fsp3) is 0.739. The van der Waals surface area contributed by atoms with Crippen LogP contribution in [0.25, 0.3) is 0 Å². The van der Waals surface area contributed by atoms with Gasteiger partial charge in [-0.2, -0.15) is 8.42 Å². The van der Waals surface area contributed by atoms with Crippen molar-refractivity contribution in [2.24, 2.45) is 0 Å². The lowest BCUT2D eigenvalue weighted by Crippen LogP contribution is -2.60. The molecule has 12 nitrogen and oxygen atoms in total. The number of aliphatic hydroxyl groups is 3. The van der Waals surface area contributed by atoms with Crippen molar-refractivity contribution in [3.63, 3.8) is 0 Å². The molecule has 0 amide bonds. The molecule has 1 fully saturated rings. The van der Waals surface area contributed by atoms with Crippen molar-refractivity contribution in [2.45, 2.75) is 198 Å². The third-order valence-corrected chi connectivity index (χ3v) is 10.6. The molecule has 13 heteroatoms. The van der Waals surface area contributed by atoms with E-state index in [0.29, 0.717) is 12.8 Å². The highest BCUT2D eigenvalue weighted by Gasteiger charge is 2.46. The number of rotatable bonds is 36. The molecule has 4 N–H and O–H groups in total. The van der Waals surface area contributed by atoms with Crippen LogP contribution in [0.2, 0.25) is 0 Å². The van der Waals surface area contributed by atoms with E-state index in [1.807, 2.05) is 0 Å². The molecule has 6 atom stereocenters. The Bertz CT molecular complexity index is 1320. The summed E-state index contributed by atoms with van der Waals surface area (Å²) in [6.07, 6.45) is 34.0. The third kappa shape index (κ3) is 30.9. The summed E-state index contributed by atoms with van der Waals surface area (Å²) in [5.74, 6) is -2.04. The smallest absolute Gasteiger partial charge is 0.306 e. The number of hydrogen-bond acceptors (Lipinski definition) is 11. The van der Waals surface area contributed by atoms with Crippen molar-refractivity contribution in [3.05, 3.63) is 60.8 Å². The maximum absolute atomic E-state index is 12.8. The number of ether oxygens (including phenoxy) is 4. The molecule has 1 heterocycles. The van der Waals surface area contributed by atoms with Gasteiger partial charge in [0.25, 0.3) is 10.1 Å². The van der Waals surface area contributed by atoms with E-state index in [1.165, 1.54) is 32.1 Å². The van der Waals surface area contributed by atoms with Crippen LogP contribution in [0.5, 0.6) is 0 Å². The van der Waals surface area contributed by atoms with Crippen LogP contribution >= 0.6 is 0 Å². The van der Waals surface area contributed by atoms with E-state index in [0.717, 1.165) is 89.9 Å². The van der Waals surface area contributed by atoms with Gasteiger partial charge >= 0.3 is 11.9 Å². The first-order valence-corrected chi connectivity index (χ1v) is 24.0. The quantitative estimate of drug-likeness (QED) is 0.0203. The van der Waals surface area contributed by atoms with Gasteiger partial charge in [-0.15, -0.1) is 0 Å². The predicted octanol–water partition coefficient (Wildman–Crippen LogP) is 8.95. The van der Waals surface area contributed by atoms with Gasteiger partial charge in [0.15, 0.2) is 12.4 Å². The van der Waals surface area contributed by atoms with Crippen LogP contribution in [0.3, 0.4) is 0 Å². The number of unbranched alkanes of at least 4 members (excludes halogenated alkanes) is 14. The second kappa shape index (κ2) is 36.0. The van der Waals surface area contributed by atoms with Crippen molar-refractivity contribution in [3.8, 4) is 0 Å². The molecule has 0 bridgehead atoms. The molecule has 0 radical (unpaired) electrons. The lowest BCUT2D eigenvalue weighted by atomic mass is 10.00. The Morgan fingerprint density at radius 1 is 0.576 bits per heavy atom. The summed E-state index contributed by atoms with van der Waals surface area (Å²) in [6.45, 7) is 3.64. The zero-order valence-corrected chi connectivity index (χ0v) is 36.9. The molecule has 1 aliphatic rings. The van der Waals surface area contributed by atoms with Gasteiger partial charge in [0, 0.05) is 12.8 Å². The lowest BCUT2D eigenvalue weighted by molar-refractivity contribution is -0.297. The Morgan fingerprint density at radius 3 is 1.56 bits per heavy atom. The third-order valence-electron chi connectivity index (χ3n) is 9.82. The van der Waals surface area contributed by atoms with Crippen LogP contribution in [0.15, 0.2) is 60.8 Å². The molecule has 2 unspecified atom stereocenters. The minimum atomic E-state index is -4.61. The molecule has 340 valence electrons. The van der Waals surface area contributed by atoms with E-state index in [9.17, 15) is 37.9 Å². The van der Waals surface area contributed by atoms with Gasteiger partial charge < -0.3 is 34.3 Å². The molecule has 1 saturated heterocycles. The van der Waals surface area contributed by atoms with Crippen molar-refractivity contribution in [1.82, 2.24) is 0 Å². The fourth-order valence-corrected chi connectivity index (χ4v) is 6.98. The lowest BCUT2D eigenvalue weighted by Gasteiger charge is -2.40. The zero-order chi connectivity index (χ0) is 43.4. The van der Waals surface area contributed by atoms with Crippen LogP contribution in [-0.2, 0) is 38.7 Å². The van der Waals surface area contributed by atoms with E-state index in [4.69, 9.17) is 18.9 Å². The van der Waals surface area contributed by atoms with Gasteiger partial charge in [-0.05, 0) is 77.0 Å². The average Bonchev–Trinajstić information content (AvgIpc) is 3.20. The van der Waals surface area contributed by atoms with Gasteiger partial charge in [0.05, 0.1) is 6.61 Å². The highest BCUT2D eigenvalue weighted by molar-refractivity contribution is 7.85. The van der Waals surface area contributed by atoms with Crippen molar-refractivity contribution < 1.29 is 56.8 Å². The van der Waals surface area contributed by atoms with Crippen LogP contribution in [0.1, 0.15) is 162 Å². The van der Waals surface area contributed by atoms with Crippen LogP contribution in [0, 0.1) is 0 Å². The first-order valence-electron chi connectivity index (χ1n) is 22.3. The molecular weight excluding hydrogens is 777 g/mol. The van der Waals surface area contributed by atoms with E-state index < -0.39 is 71.2 Å². The van der Waals surface area contributed by atoms with Gasteiger partial charge in [-0.3, -0.25) is 14.1 Å². The topological polar surface area (TPSA) is 186 Å². The molecular formula is C46H78O12S. The monoisotopic (exact) mass is 855 g/mol. The molecule has 1 rings (SSSR count). The predicted molar refractivity (Wildman–Crippen MR) is 233 cm³/mol. The first kappa shape index (κ1) is 54.4. The van der Waals surface area contributed by atoms with E-state index >= 15 is 0 Å². The summed E-state index contributed by atoms with van der Waals surface area (Å²) in [6, 6.07) is 0. The summed E-state index contributed by atoms with van der Waals surface area (Å²) >= 11 is 0. The largest absolute Gasteiger partial charge is 0.462 e. The van der Waals surface area contributed by atoms with E-state index in [-0.39, 0.29) is 19.4 Å². The summed E-state index contributed by atoms with van der Waals surface area (Å²) in [5, 5.41) is 30.9. The second-order valence-corrected chi connectivity index (χ2v) is 16.9.